The van der Waals surface area contributed by atoms with Crippen molar-refractivity contribution in [1.82, 2.24) is 9.97 Å². The summed E-state index contributed by atoms with van der Waals surface area (Å²) in [7, 11) is 1.64. The van der Waals surface area contributed by atoms with Crippen LogP contribution >= 0.6 is 34.2 Å². The van der Waals surface area contributed by atoms with Crippen molar-refractivity contribution in [3.05, 3.63) is 50.1 Å². The molecule has 1 aromatic heterocycles. The van der Waals surface area contributed by atoms with Crippen molar-refractivity contribution in [2.45, 2.75) is 18.9 Å². The van der Waals surface area contributed by atoms with Crippen molar-refractivity contribution in [2.75, 3.05) is 13.7 Å². The normalized spacial score (nSPS) is 17.2. The predicted molar refractivity (Wildman–Crippen MR) is 88.9 cm³/mol. The number of ether oxygens (including phenoxy) is 2. The van der Waals surface area contributed by atoms with Crippen molar-refractivity contribution < 1.29 is 9.47 Å². The number of hydrogen-bond donors (Lipinski definition) is 0. The van der Waals surface area contributed by atoms with Crippen LogP contribution in [-0.4, -0.2) is 23.7 Å². The average molecular weight is 417 g/mol. The molecule has 0 saturated carbocycles. The fraction of sp³-hybridized carbons (Fsp3) is 0.333. The average Bonchev–Trinajstić information content (AvgIpc) is 2.51. The second kappa shape index (κ2) is 6.46. The monoisotopic (exact) mass is 416 g/mol. The van der Waals surface area contributed by atoms with E-state index in [-0.39, 0.29) is 5.92 Å². The Morgan fingerprint density at radius 2 is 2.19 bits per heavy atom. The molecule has 1 unspecified atom stereocenters. The number of fused-ring (bicyclic) bond motifs is 1. The number of hydrogen-bond acceptors (Lipinski definition) is 4. The highest BCUT2D eigenvalue weighted by Gasteiger charge is 2.25. The van der Waals surface area contributed by atoms with Gasteiger partial charge < -0.3 is 9.47 Å². The summed E-state index contributed by atoms with van der Waals surface area (Å²) < 4.78 is 11.8. The molecule has 6 heteroatoms. The van der Waals surface area contributed by atoms with Gasteiger partial charge in [-0.3, -0.25) is 0 Å². The molecule has 1 atom stereocenters. The Labute approximate surface area is 142 Å². The van der Waals surface area contributed by atoms with E-state index in [1.165, 1.54) is 5.56 Å². The van der Waals surface area contributed by atoms with Crippen LogP contribution in [0.1, 0.15) is 23.0 Å². The van der Waals surface area contributed by atoms with Crippen LogP contribution in [0.2, 0.25) is 5.15 Å². The van der Waals surface area contributed by atoms with Crippen molar-refractivity contribution in [2.24, 2.45) is 0 Å². The highest BCUT2D eigenvalue weighted by atomic mass is 127. The van der Waals surface area contributed by atoms with Gasteiger partial charge in [0.2, 0.25) is 0 Å². The lowest BCUT2D eigenvalue weighted by atomic mass is 9.96. The van der Waals surface area contributed by atoms with Crippen molar-refractivity contribution in [3.8, 4) is 5.75 Å². The van der Waals surface area contributed by atoms with Crippen LogP contribution in [0.4, 0.5) is 0 Å². The fourth-order valence-corrected chi connectivity index (χ4v) is 2.98. The van der Waals surface area contributed by atoms with Gasteiger partial charge in [-0.05, 0) is 40.6 Å². The van der Waals surface area contributed by atoms with Gasteiger partial charge >= 0.3 is 0 Å². The van der Waals surface area contributed by atoms with Crippen LogP contribution in [0.3, 0.4) is 0 Å². The van der Waals surface area contributed by atoms with E-state index in [1.54, 1.807) is 7.11 Å². The quantitative estimate of drug-likeness (QED) is 0.566. The first-order chi connectivity index (χ1) is 10.2. The second-order valence-electron chi connectivity index (χ2n) is 4.89. The second-order valence-corrected chi connectivity index (χ2v) is 6.32. The third-order valence-electron chi connectivity index (χ3n) is 3.42. The molecule has 0 fully saturated rings. The van der Waals surface area contributed by atoms with Crippen molar-refractivity contribution in [3.63, 3.8) is 0 Å². The molecule has 1 aliphatic heterocycles. The van der Waals surface area contributed by atoms with Gasteiger partial charge in [0.25, 0.3) is 0 Å². The maximum Gasteiger partial charge on any atom is 0.146 e. The summed E-state index contributed by atoms with van der Waals surface area (Å²) in [6.45, 7) is 0.998. The zero-order valence-corrected chi connectivity index (χ0v) is 14.4. The third kappa shape index (κ3) is 3.14. The predicted octanol–water partition coefficient (Wildman–Crippen LogP) is 3.60. The van der Waals surface area contributed by atoms with Gasteiger partial charge in [-0.1, -0.05) is 29.8 Å². The van der Waals surface area contributed by atoms with E-state index < -0.39 is 0 Å². The van der Waals surface area contributed by atoms with Crippen molar-refractivity contribution in [1.29, 1.82) is 0 Å². The molecule has 3 rings (SSSR count). The molecule has 0 bridgehead atoms. The zero-order chi connectivity index (χ0) is 14.8. The van der Waals surface area contributed by atoms with E-state index in [1.807, 2.05) is 18.2 Å². The van der Waals surface area contributed by atoms with Gasteiger partial charge in [-0.15, -0.1) is 0 Å². The molecular formula is C15H14ClIN2O2. The summed E-state index contributed by atoms with van der Waals surface area (Å²) in [5.41, 5.74) is 2.01. The Bertz CT molecular complexity index is 666. The molecule has 0 aliphatic carbocycles. The van der Waals surface area contributed by atoms with Gasteiger partial charge in [-0.2, -0.15) is 0 Å². The Balaban J connectivity index is 1.91. The number of nitrogens with zero attached hydrogens (tertiary/aromatic N) is 2. The number of rotatable bonds is 3. The number of aromatic nitrogens is 2. The van der Waals surface area contributed by atoms with Crippen LogP contribution in [0.15, 0.2) is 24.3 Å². The minimum atomic E-state index is 0.116. The molecule has 2 aromatic rings. The summed E-state index contributed by atoms with van der Waals surface area (Å²) in [5.74, 6) is 1.79. The molecule has 1 aliphatic rings. The highest BCUT2D eigenvalue weighted by Crippen LogP contribution is 2.32. The molecule has 110 valence electrons. The lowest BCUT2D eigenvalue weighted by Gasteiger charge is -2.24. The van der Waals surface area contributed by atoms with Gasteiger partial charge in [0.15, 0.2) is 0 Å². The van der Waals surface area contributed by atoms with Gasteiger partial charge in [0, 0.05) is 7.11 Å². The largest absolute Gasteiger partial charge is 0.493 e. The molecule has 0 N–H and O–H groups in total. The fourth-order valence-electron chi connectivity index (χ4n) is 2.39. The van der Waals surface area contributed by atoms with Gasteiger partial charge in [-0.25, -0.2) is 9.97 Å². The SMILES string of the molecule is COCc1nc(C2COc3ccccc3C2)nc(Cl)c1I. The van der Waals surface area contributed by atoms with E-state index in [0.29, 0.717) is 18.4 Å². The van der Waals surface area contributed by atoms with Crippen molar-refractivity contribution >= 4 is 34.2 Å². The van der Waals surface area contributed by atoms with Crippen LogP contribution in [0, 0.1) is 3.57 Å². The maximum atomic E-state index is 6.22. The van der Waals surface area contributed by atoms with Gasteiger partial charge in [0.05, 0.1) is 28.4 Å². The Morgan fingerprint density at radius 3 is 3.00 bits per heavy atom. The third-order valence-corrected chi connectivity index (χ3v) is 5.15. The van der Waals surface area contributed by atoms with Crippen LogP contribution in [0.25, 0.3) is 0 Å². The Kier molecular flexibility index (Phi) is 4.61. The number of methoxy groups -OCH3 is 1. The first-order valence-corrected chi connectivity index (χ1v) is 8.06. The minimum Gasteiger partial charge on any atom is -0.493 e. The first kappa shape index (κ1) is 15.0. The van der Waals surface area contributed by atoms with E-state index >= 15 is 0 Å². The smallest absolute Gasteiger partial charge is 0.146 e. The Hall–Kier alpha value is -0.920. The Morgan fingerprint density at radius 1 is 1.38 bits per heavy atom. The molecule has 21 heavy (non-hydrogen) atoms. The van der Waals surface area contributed by atoms with Crippen LogP contribution in [-0.2, 0) is 17.8 Å². The number of benzene rings is 1. The van der Waals surface area contributed by atoms with E-state index in [9.17, 15) is 0 Å². The van der Waals surface area contributed by atoms with E-state index in [0.717, 1.165) is 27.3 Å². The topological polar surface area (TPSA) is 44.2 Å². The molecule has 0 saturated heterocycles. The van der Waals surface area contributed by atoms with Gasteiger partial charge in [0.1, 0.15) is 16.7 Å². The first-order valence-electron chi connectivity index (χ1n) is 6.60. The maximum absolute atomic E-state index is 6.22. The highest BCUT2D eigenvalue weighted by molar-refractivity contribution is 14.1. The van der Waals surface area contributed by atoms with E-state index in [4.69, 9.17) is 21.1 Å². The number of halogens is 2. The number of para-hydroxylation sites is 1. The molecule has 4 nitrogen and oxygen atoms in total. The zero-order valence-electron chi connectivity index (χ0n) is 11.5. The summed E-state index contributed by atoms with van der Waals surface area (Å²) >= 11 is 8.37. The molecule has 0 spiro atoms. The minimum absolute atomic E-state index is 0.116. The van der Waals surface area contributed by atoms with Crippen LogP contribution in [0.5, 0.6) is 5.75 Å². The molecule has 2 heterocycles. The molecular weight excluding hydrogens is 403 g/mol. The van der Waals surface area contributed by atoms with Crippen LogP contribution < -0.4 is 4.74 Å². The van der Waals surface area contributed by atoms with E-state index in [2.05, 4.69) is 38.6 Å². The summed E-state index contributed by atoms with van der Waals surface area (Å²) in [6.07, 6.45) is 0.861. The lowest BCUT2D eigenvalue weighted by Crippen LogP contribution is -2.22. The molecule has 0 radical (unpaired) electrons. The standard InChI is InChI=1S/C15H14ClIN2O2/c1-20-8-11-13(17)14(16)19-15(18-11)10-6-9-4-2-3-5-12(9)21-7-10/h2-5,10H,6-8H2,1H3. The summed E-state index contributed by atoms with van der Waals surface area (Å²) in [4.78, 5) is 9.03. The molecule has 1 aromatic carbocycles. The lowest BCUT2D eigenvalue weighted by molar-refractivity contribution is 0.180. The summed E-state index contributed by atoms with van der Waals surface area (Å²) in [6, 6.07) is 8.06. The molecule has 0 amide bonds. The summed E-state index contributed by atoms with van der Waals surface area (Å²) in [5, 5.41) is 0.478.